The Kier molecular flexibility index (Phi) is 4.96. The minimum atomic E-state index is -0.133. The van der Waals surface area contributed by atoms with Gasteiger partial charge in [0.15, 0.2) is 0 Å². The fourth-order valence-electron chi connectivity index (χ4n) is 3.45. The number of rotatable bonds is 4. The van der Waals surface area contributed by atoms with Crippen LogP contribution in [-0.2, 0) is 9.53 Å². The largest absolute Gasteiger partial charge is 0.378 e. The van der Waals surface area contributed by atoms with Gasteiger partial charge in [-0.2, -0.15) is 5.10 Å². The molecule has 26 heavy (non-hydrogen) atoms. The molecule has 0 aromatic carbocycles. The van der Waals surface area contributed by atoms with Gasteiger partial charge in [-0.1, -0.05) is 12.1 Å². The molecule has 2 aliphatic rings. The summed E-state index contributed by atoms with van der Waals surface area (Å²) in [5.74, 6) is 0.0601. The predicted octanol–water partition coefficient (Wildman–Crippen LogP) is 3.60. The Bertz CT molecular complexity index is 784. The van der Waals surface area contributed by atoms with Crippen LogP contribution in [0, 0.1) is 0 Å². The minimum absolute atomic E-state index is 0.00347. The minimum Gasteiger partial charge on any atom is -0.378 e. The van der Waals surface area contributed by atoms with Crippen LogP contribution in [0.4, 0.5) is 0 Å². The Balaban J connectivity index is 1.57. The number of nitrogens with zero attached hydrogens (tertiary/aromatic N) is 3. The van der Waals surface area contributed by atoms with Crippen LogP contribution >= 0.6 is 22.7 Å². The molecule has 5 nitrogen and oxygen atoms in total. The lowest BCUT2D eigenvalue weighted by atomic mass is 10.0. The maximum Gasteiger partial charge on any atom is 0.257 e. The number of hydrogen-bond acceptors (Lipinski definition) is 6. The molecule has 0 N–H and O–H groups in total. The first-order chi connectivity index (χ1) is 12.5. The summed E-state index contributed by atoms with van der Waals surface area (Å²) in [6.45, 7) is 6.73. The second-order valence-corrected chi connectivity index (χ2v) is 9.21. The van der Waals surface area contributed by atoms with Gasteiger partial charge in [-0.05, 0) is 36.7 Å². The van der Waals surface area contributed by atoms with Gasteiger partial charge < -0.3 is 4.74 Å². The van der Waals surface area contributed by atoms with Crippen LogP contribution in [0.1, 0.15) is 36.1 Å². The van der Waals surface area contributed by atoms with E-state index in [9.17, 15) is 4.79 Å². The molecule has 1 saturated heterocycles. The molecular weight excluding hydrogens is 366 g/mol. The van der Waals surface area contributed by atoms with Crippen LogP contribution < -0.4 is 0 Å². The van der Waals surface area contributed by atoms with Crippen molar-refractivity contribution in [3.8, 4) is 0 Å². The lowest BCUT2D eigenvalue weighted by molar-refractivity contribution is -0.139. The van der Waals surface area contributed by atoms with Gasteiger partial charge in [-0.15, -0.1) is 22.7 Å². The SMILES string of the molecule is CC1(C)COCCN1CC(=O)N1N=C(c2cccs2)CC1c1cccs1. The van der Waals surface area contributed by atoms with Gasteiger partial charge >= 0.3 is 0 Å². The average molecular weight is 390 g/mol. The van der Waals surface area contributed by atoms with E-state index < -0.39 is 0 Å². The first kappa shape index (κ1) is 17.9. The van der Waals surface area contributed by atoms with E-state index in [1.54, 1.807) is 27.7 Å². The highest BCUT2D eigenvalue weighted by Gasteiger charge is 2.37. The molecule has 2 aliphatic heterocycles. The summed E-state index contributed by atoms with van der Waals surface area (Å²) in [6.07, 6.45) is 0.777. The van der Waals surface area contributed by atoms with Gasteiger partial charge in [-0.3, -0.25) is 9.69 Å². The Morgan fingerprint density at radius 3 is 2.81 bits per heavy atom. The third-order valence-corrected chi connectivity index (χ3v) is 6.88. The summed E-state index contributed by atoms with van der Waals surface area (Å²) < 4.78 is 5.58. The number of carbonyl (C=O) groups excluding carboxylic acids is 1. The molecule has 1 atom stereocenters. The van der Waals surface area contributed by atoms with Crippen LogP contribution in [0.5, 0.6) is 0 Å². The Hall–Kier alpha value is -1.54. The zero-order valence-electron chi connectivity index (χ0n) is 15.1. The third-order valence-electron chi connectivity index (χ3n) is 4.99. The van der Waals surface area contributed by atoms with Crippen molar-refractivity contribution in [2.45, 2.75) is 31.8 Å². The van der Waals surface area contributed by atoms with Crippen LogP contribution in [0.15, 0.2) is 40.1 Å². The van der Waals surface area contributed by atoms with E-state index >= 15 is 0 Å². The highest BCUT2D eigenvalue weighted by atomic mass is 32.1. The smallest absolute Gasteiger partial charge is 0.257 e. The maximum atomic E-state index is 13.2. The molecule has 2 aromatic rings. The average Bonchev–Trinajstić information content (AvgIpc) is 3.36. The topological polar surface area (TPSA) is 45.1 Å². The van der Waals surface area contributed by atoms with E-state index in [2.05, 4.69) is 41.6 Å². The molecular formula is C19H23N3O2S2. The van der Waals surface area contributed by atoms with E-state index in [0.29, 0.717) is 19.8 Å². The number of amides is 1. The van der Waals surface area contributed by atoms with Crippen molar-refractivity contribution >= 4 is 34.3 Å². The van der Waals surface area contributed by atoms with Crippen molar-refractivity contribution in [2.24, 2.45) is 5.10 Å². The zero-order valence-corrected chi connectivity index (χ0v) is 16.7. The highest BCUT2D eigenvalue weighted by molar-refractivity contribution is 7.12. The molecule has 0 spiro atoms. The summed E-state index contributed by atoms with van der Waals surface area (Å²) in [5.41, 5.74) is 0.875. The molecule has 1 fully saturated rings. The lowest BCUT2D eigenvalue weighted by Crippen LogP contribution is -2.55. The van der Waals surface area contributed by atoms with Gasteiger partial charge in [-0.25, -0.2) is 5.01 Å². The van der Waals surface area contributed by atoms with Gasteiger partial charge in [0.1, 0.15) is 0 Å². The summed E-state index contributed by atoms with van der Waals surface area (Å²) in [6, 6.07) is 8.25. The zero-order chi connectivity index (χ0) is 18.1. The van der Waals surface area contributed by atoms with Gasteiger partial charge in [0.05, 0.1) is 36.4 Å². The standard InChI is InChI=1S/C19H23N3O2S2/c1-19(2)13-24-8-7-21(19)12-18(23)22-15(17-6-4-10-26-17)11-14(20-22)16-5-3-9-25-16/h3-6,9-10,15H,7-8,11-13H2,1-2H3. The molecule has 7 heteroatoms. The molecule has 4 rings (SSSR count). The fourth-order valence-corrected chi connectivity index (χ4v) is 4.99. The number of ether oxygens (including phenoxy) is 1. The Morgan fingerprint density at radius 2 is 2.12 bits per heavy atom. The van der Waals surface area contributed by atoms with Gasteiger partial charge in [0.25, 0.3) is 5.91 Å². The molecule has 2 aromatic heterocycles. The number of hydrazone groups is 1. The number of morpholine rings is 1. The molecule has 0 radical (unpaired) electrons. The van der Waals surface area contributed by atoms with Crippen LogP contribution in [0.3, 0.4) is 0 Å². The summed E-state index contributed by atoms with van der Waals surface area (Å²) in [7, 11) is 0. The van der Waals surface area contributed by atoms with E-state index in [1.807, 2.05) is 12.1 Å². The molecule has 0 aliphatic carbocycles. The van der Waals surface area contributed by atoms with Crippen molar-refractivity contribution in [1.29, 1.82) is 0 Å². The first-order valence-electron chi connectivity index (χ1n) is 8.84. The Labute approximate surface area is 161 Å². The summed E-state index contributed by atoms with van der Waals surface area (Å²) in [5, 5.41) is 10.6. The van der Waals surface area contributed by atoms with Crippen molar-refractivity contribution < 1.29 is 9.53 Å². The van der Waals surface area contributed by atoms with Crippen molar-refractivity contribution in [3.63, 3.8) is 0 Å². The summed E-state index contributed by atoms with van der Waals surface area (Å²) >= 11 is 3.37. The van der Waals surface area contributed by atoms with Crippen LogP contribution in [-0.4, -0.2) is 53.4 Å². The quantitative estimate of drug-likeness (QED) is 0.803. The van der Waals surface area contributed by atoms with Gasteiger partial charge in [0.2, 0.25) is 0 Å². The monoisotopic (exact) mass is 389 g/mol. The van der Waals surface area contributed by atoms with Crippen molar-refractivity contribution in [2.75, 3.05) is 26.3 Å². The maximum absolute atomic E-state index is 13.2. The fraction of sp³-hybridized carbons (Fsp3) is 0.474. The highest BCUT2D eigenvalue weighted by Crippen LogP contribution is 2.36. The van der Waals surface area contributed by atoms with E-state index in [4.69, 9.17) is 9.84 Å². The molecule has 1 amide bonds. The lowest BCUT2D eigenvalue weighted by Gasteiger charge is -2.42. The molecule has 0 saturated carbocycles. The van der Waals surface area contributed by atoms with Crippen LogP contribution in [0.2, 0.25) is 0 Å². The number of thiophene rings is 2. The number of hydrogen-bond donors (Lipinski definition) is 0. The molecule has 138 valence electrons. The van der Waals surface area contributed by atoms with E-state index in [-0.39, 0.29) is 17.5 Å². The van der Waals surface area contributed by atoms with E-state index in [0.717, 1.165) is 23.6 Å². The van der Waals surface area contributed by atoms with Crippen LogP contribution in [0.25, 0.3) is 0 Å². The first-order valence-corrected chi connectivity index (χ1v) is 10.6. The van der Waals surface area contributed by atoms with Crippen molar-refractivity contribution in [1.82, 2.24) is 9.91 Å². The third kappa shape index (κ3) is 3.49. The second kappa shape index (κ2) is 7.23. The summed E-state index contributed by atoms with van der Waals surface area (Å²) in [4.78, 5) is 17.7. The van der Waals surface area contributed by atoms with E-state index in [1.165, 1.54) is 4.88 Å². The Morgan fingerprint density at radius 1 is 1.31 bits per heavy atom. The molecule has 4 heterocycles. The number of carbonyl (C=O) groups is 1. The predicted molar refractivity (Wildman–Crippen MR) is 106 cm³/mol. The van der Waals surface area contributed by atoms with Gasteiger partial charge in [0, 0.05) is 23.4 Å². The van der Waals surface area contributed by atoms with Crippen molar-refractivity contribution in [3.05, 3.63) is 44.8 Å². The molecule has 0 bridgehead atoms. The second-order valence-electron chi connectivity index (χ2n) is 7.28. The normalized spacial score (nSPS) is 23.2. The molecule has 1 unspecified atom stereocenters.